The van der Waals surface area contributed by atoms with Crippen molar-refractivity contribution >= 4 is 5.95 Å². The number of aryl methyl sites for hydroxylation is 1. The molecule has 0 bridgehead atoms. The largest absolute Gasteiger partial charge is 0.392 e. The van der Waals surface area contributed by atoms with E-state index >= 15 is 0 Å². The summed E-state index contributed by atoms with van der Waals surface area (Å²) in [6.07, 6.45) is 6.08. The summed E-state index contributed by atoms with van der Waals surface area (Å²) in [6, 6.07) is 7.86. The molecule has 2 aromatic heterocycles. The molecule has 0 amide bonds. The highest BCUT2D eigenvalue weighted by atomic mass is 16.5. The van der Waals surface area contributed by atoms with Gasteiger partial charge in [-0.1, -0.05) is 24.3 Å². The van der Waals surface area contributed by atoms with Crippen LogP contribution in [0.25, 0.3) is 5.82 Å². The van der Waals surface area contributed by atoms with Crippen LogP contribution in [-0.2, 0) is 17.9 Å². The molecule has 1 atom stereocenters. The van der Waals surface area contributed by atoms with Crippen LogP contribution in [0.15, 0.2) is 43.0 Å². The first-order chi connectivity index (χ1) is 15.1. The number of hydrogen-bond donors (Lipinski definition) is 4. The van der Waals surface area contributed by atoms with Crippen LogP contribution in [0.2, 0.25) is 0 Å². The Balaban J connectivity index is 1.44. The van der Waals surface area contributed by atoms with Gasteiger partial charge in [0.25, 0.3) is 0 Å². The molecule has 0 aliphatic carbocycles. The van der Waals surface area contributed by atoms with Gasteiger partial charge in [-0.3, -0.25) is 9.88 Å². The Bertz CT molecular complexity index is 1000. The number of aromatic nitrogens is 4. The average molecular weight is 425 g/mol. The number of aliphatic hydroxyl groups excluding tert-OH is 2. The van der Waals surface area contributed by atoms with Gasteiger partial charge in [-0.2, -0.15) is 4.98 Å². The van der Waals surface area contributed by atoms with Crippen molar-refractivity contribution in [3.63, 3.8) is 0 Å². The van der Waals surface area contributed by atoms with Gasteiger partial charge in [-0.05, 0) is 30.9 Å². The molecule has 0 radical (unpaired) electrons. The van der Waals surface area contributed by atoms with E-state index in [1.165, 1.54) is 0 Å². The van der Waals surface area contributed by atoms with E-state index in [1.807, 2.05) is 31.2 Å². The van der Waals surface area contributed by atoms with Crippen molar-refractivity contribution in [3.8, 4) is 5.82 Å². The normalized spacial score (nSPS) is 15.7. The molecule has 3 heterocycles. The van der Waals surface area contributed by atoms with Gasteiger partial charge in [0.05, 0.1) is 6.61 Å². The third-order valence-corrected chi connectivity index (χ3v) is 5.40. The molecule has 1 aromatic carbocycles. The summed E-state index contributed by atoms with van der Waals surface area (Å²) in [5.41, 5.74) is 3.15. The van der Waals surface area contributed by atoms with Crippen LogP contribution in [-0.4, -0.2) is 49.0 Å². The molecule has 31 heavy (non-hydrogen) atoms. The van der Waals surface area contributed by atoms with Gasteiger partial charge >= 0.3 is 0 Å². The van der Waals surface area contributed by atoms with Crippen molar-refractivity contribution in [3.05, 3.63) is 65.4 Å². The SMILES string of the molecule is Cc1cnc(NC2CCOCC2)nc1-n1cnc(C(O)NCc2ccccc2CO)c1. The molecule has 4 N–H and O–H groups in total. The van der Waals surface area contributed by atoms with Gasteiger partial charge in [0, 0.05) is 43.8 Å². The van der Waals surface area contributed by atoms with Crippen LogP contribution in [0.5, 0.6) is 0 Å². The van der Waals surface area contributed by atoms with Gasteiger partial charge in [0.1, 0.15) is 24.1 Å². The summed E-state index contributed by atoms with van der Waals surface area (Å²) in [5, 5.41) is 26.4. The summed E-state index contributed by atoms with van der Waals surface area (Å²) in [7, 11) is 0. The number of anilines is 1. The Hall–Kier alpha value is -2.85. The summed E-state index contributed by atoms with van der Waals surface area (Å²) < 4.78 is 7.19. The van der Waals surface area contributed by atoms with Crippen LogP contribution < -0.4 is 10.6 Å². The first-order valence-corrected chi connectivity index (χ1v) is 10.5. The zero-order valence-electron chi connectivity index (χ0n) is 17.5. The van der Waals surface area contributed by atoms with Gasteiger partial charge in [0.15, 0.2) is 0 Å². The Labute approximate surface area is 181 Å². The number of hydrogen-bond acceptors (Lipinski definition) is 8. The molecular formula is C22H28N6O3. The maximum Gasteiger partial charge on any atom is 0.224 e. The van der Waals surface area contributed by atoms with Crippen LogP contribution >= 0.6 is 0 Å². The lowest BCUT2D eigenvalue weighted by atomic mass is 10.1. The fourth-order valence-electron chi connectivity index (χ4n) is 3.58. The quantitative estimate of drug-likeness (QED) is 0.405. The molecule has 9 nitrogen and oxygen atoms in total. The monoisotopic (exact) mass is 424 g/mol. The molecular weight excluding hydrogens is 396 g/mol. The van der Waals surface area contributed by atoms with E-state index in [4.69, 9.17) is 4.74 Å². The molecule has 3 aromatic rings. The molecule has 1 saturated heterocycles. The molecule has 9 heteroatoms. The fourth-order valence-corrected chi connectivity index (χ4v) is 3.58. The molecule has 4 rings (SSSR count). The summed E-state index contributed by atoms with van der Waals surface area (Å²) in [5.74, 6) is 1.28. The van der Waals surface area contributed by atoms with Crippen molar-refractivity contribution in [2.75, 3.05) is 18.5 Å². The predicted molar refractivity (Wildman–Crippen MR) is 116 cm³/mol. The van der Waals surface area contributed by atoms with Crippen LogP contribution in [0.3, 0.4) is 0 Å². The number of imidazole rings is 1. The lowest BCUT2D eigenvalue weighted by Gasteiger charge is -2.23. The van der Waals surface area contributed by atoms with E-state index in [1.54, 1.807) is 23.3 Å². The predicted octanol–water partition coefficient (Wildman–Crippen LogP) is 1.83. The Morgan fingerprint density at radius 1 is 1.19 bits per heavy atom. The maximum absolute atomic E-state index is 10.5. The molecule has 164 valence electrons. The van der Waals surface area contributed by atoms with E-state index in [9.17, 15) is 10.2 Å². The van der Waals surface area contributed by atoms with Gasteiger partial charge < -0.3 is 20.3 Å². The zero-order valence-corrected chi connectivity index (χ0v) is 17.5. The zero-order chi connectivity index (χ0) is 21.6. The van der Waals surface area contributed by atoms with Crippen molar-refractivity contribution < 1.29 is 14.9 Å². The van der Waals surface area contributed by atoms with Gasteiger partial charge in [0.2, 0.25) is 5.95 Å². The minimum absolute atomic E-state index is 0.0419. The standard InChI is InChI=1S/C22H28N6O3/c1-15-10-24-22(26-18-6-8-31-9-7-18)27-20(15)28-12-19(25-14-28)21(30)23-11-16-4-2-3-5-17(16)13-29/h2-5,10,12,14,18,21,23,29-30H,6-9,11,13H2,1H3,(H,24,26,27). The topological polar surface area (TPSA) is 117 Å². The highest BCUT2D eigenvalue weighted by Gasteiger charge is 2.17. The highest BCUT2D eigenvalue weighted by Crippen LogP contribution is 2.18. The third-order valence-electron chi connectivity index (χ3n) is 5.40. The van der Waals surface area contributed by atoms with Crippen molar-refractivity contribution in [2.45, 2.75) is 45.2 Å². The Kier molecular flexibility index (Phi) is 6.88. The van der Waals surface area contributed by atoms with E-state index < -0.39 is 6.23 Å². The minimum Gasteiger partial charge on any atom is -0.392 e. The Morgan fingerprint density at radius 2 is 1.97 bits per heavy atom. The van der Waals surface area contributed by atoms with E-state index in [2.05, 4.69) is 25.6 Å². The summed E-state index contributed by atoms with van der Waals surface area (Å²) in [6.45, 7) is 3.80. The van der Waals surface area contributed by atoms with Crippen LogP contribution in [0, 0.1) is 6.92 Å². The average Bonchev–Trinajstić information content (AvgIpc) is 3.30. The number of nitrogens with zero attached hydrogens (tertiary/aromatic N) is 4. The summed E-state index contributed by atoms with van der Waals surface area (Å²) >= 11 is 0. The van der Waals surface area contributed by atoms with Crippen molar-refractivity contribution in [1.29, 1.82) is 0 Å². The molecule has 1 aliphatic heterocycles. The van der Waals surface area contributed by atoms with Gasteiger partial charge in [-0.25, -0.2) is 9.97 Å². The molecule has 0 saturated carbocycles. The van der Waals surface area contributed by atoms with E-state index in [-0.39, 0.29) is 6.61 Å². The molecule has 0 spiro atoms. The third kappa shape index (κ3) is 5.26. The van der Waals surface area contributed by atoms with Gasteiger partial charge in [-0.15, -0.1) is 0 Å². The second-order valence-corrected chi connectivity index (χ2v) is 7.65. The minimum atomic E-state index is -0.949. The maximum atomic E-state index is 10.5. The second kappa shape index (κ2) is 9.97. The molecule has 1 aliphatic rings. The molecule has 1 fully saturated rings. The number of benzene rings is 1. The number of rotatable bonds is 8. The first kappa shape index (κ1) is 21.4. The second-order valence-electron chi connectivity index (χ2n) is 7.65. The van der Waals surface area contributed by atoms with Crippen molar-refractivity contribution in [1.82, 2.24) is 24.8 Å². The number of aliphatic hydroxyl groups is 2. The summed E-state index contributed by atoms with van der Waals surface area (Å²) in [4.78, 5) is 13.4. The smallest absolute Gasteiger partial charge is 0.224 e. The van der Waals surface area contributed by atoms with E-state index in [0.717, 1.165) is 42.7 Å². The van der Waals surface area contributed by atoms with Crippen LogP contribution in [0.4, 0.5) is 5.95 Å². The lowest BCUT2D eigenvalue weighted by Crippen LogP contribution is -2.28. The number of ether oxygens (including phenoxy) is 1. The van der Waals surface area contributed by atoms with Crippen molar-refractivity contribution in [2.24, 2.45) is 0 Å². The lowest BCUT2D eigenvalue weighted by molar-refractivity contribution is 0.0903. The fraction of sp³-hybridized carbons (Fsp3) is 0.409. The van der Waals surface area contributed by atoms with Crippen LogP contribution in [0.1, 0.15) is 41.5 Å². The van der Waals surface area contributed by atoms with E-state index in [0.29, 0.717) is 30.0 Å². The first-order valence-electron chi connectivity index (χ1n) is 10.5. The highest BCUT2D eigenvalue weighted by molar-refractivity contribution is 5.39. The Morgan fingerprint density at radius 3 is 2.74 bits per heavy atom. The molecule has 1 unspecified atom stereocenters. The number of nitrogens with one attached hydrogen (secondary N) is 2.